The molecule has 47 heavy (non-hydrogen) atoms. The molecular formula is C36H30N4O7. The number of hydrogen-bond donors (Lipinski definition) is 3. The fourth-order valence-electron chi connectivity index (χ4n) is 6.34. The summed E-state index contributed by atoms with van der Waals surface area (Å²) in [6.45, 7) is 13.3. The number of aromatic nitrogens is 1. The Morgan fingerprint density at radius 1 is 0.894 bits per heavy atom. The summed E-state index contributed by atoms with van der Waals surface area (Å²) in [5.74, 6) is -4.01. The predicted octanol–water partition coefficient (Wildman–Crippen LogP) is 3.87. The summed E-state index contributed by atoms with van der Waals surface area (Å²) in [5.41, 5.74) is 7.01. The van der Waals surface area contributed by atoms with Gasteiger partial charge in [-0.05, 0) is 61.8 Å². The molecule has 8 bridgehead atoms. The normalized spacial score (nSPS) is 19.9. The molecule has 1 aliphatic carbocycles. The number of aliphatic hydroxyl groups is 1. The molecular weight excluding hydrogens is 600 g/mol. The Bertz CT molecular complexity index is 2240. The van der Waals surface area contributed by atoms with Crippen molar-refractivity contribution < 1.29 is 34.1 Å². The number of aliphatic imine (C=N–C) groups is 3. The maximum atomic E-state index is 13.2. The molecule has 1 atom stereocenters. The lowest BCUT2D eigenvalue weighted by Gasteiger charge is -2.14. The number of methoxy groups -OCH3 is 2. The number of carboxylic acid groups (broad SMARTS) is 1. The van der Waals surface area contributed by atoms with Gasteiger partial charge in [-0.25, -0.2) is 24.6 Å². The number of ether oxygens (including phenoxy) is 2. The number of carboxylic acids is 1. The molecule has 236 valence electrons. The summed E-state index contributed by atoms with van der Waals surface area (Å²) in [6, 6.07) is 0. The number of aliphatic carboxylic acids is 1. The molecule has 4 aliphatic heterocycles. The number of H-pyrrole nitrogens is 1. The Morgan fingerprint density at radius 2 is 1.64 bits per heavy atom. The molecule has 3 N–H and O–H groups in total. The zero-order valence-electron chi connectivity index (χ0n) is 26.3. The van der Waals surface area contributed by atoms with E-state index in [2.05, 4.69) is 18.1 Å². The number of allylic oxidation sites excluding steroid dienone is 9. The first-order chi connectivity index (χ1) is 22.4. The van der Waals surface area contributed by atoms with Crippen molar-refractivity contribution in [1.82, 2.24) is 4.98 Å². The minimum absolute atomic E-state index is 0.246. The van der Waals surface area contributed by atoms with Gasteiger partial charge in [0.2, 0.25) is 0 Å². The number of fused-ring (bicyclic) bond motifs is 5. The van der Waals surface area contributed by atoms with Crippen LogP contribution in [0.4, 0.5) is 0 Å². The highest BCUT2D eigenvalue weighted by Gasteiger charge is 2.47. The van der Waals surface area contributed by atoms with E-state index in [1.807, 2.05) is 6.92 Å². The molecule has 6 rings (SSSR count). The SMILES string of the molecule is C=CC1=C(C)C2=CC3=NC(=C4C5=NC(=C(C)C5=C(O)C4C(=O)OC)C=c4[nH]c(c(C(=O)OC)c4C=C)=CC1=N2)C(C=CC(=O)O)=C3C. The topological polar surface area (TPSA) is 163 Å². The summed E-state index contributed by atoms with van der Waals surface area (Å²) in [6.07, 6.45) is 10.8. The van der Waals surface area contributed by atoms with Gasteiger partial charge in [-0.1, -0.05) is 25.3 Å². The molecule has 0 radical (unpaired) electrons. The largest absolute Gasteiger partial charge is 0.510 e. The molecule has 0 saturated carbocycles. The van der Waals surface area contributed by atoms with Crippen LogP contribution in [0.2, 0.25) is 0 Å². The highest BCUT2D eigenvalue weighted by atomic mass is 16.5. The molecule has 11 heteroatoms. The summed E-state index contributed by atoms with van der Waals surface area (Å²) >= 11 is 0. The predicted molar refractivity (Wildman–Crippen MR) is 178 cm³/mol. The fraction of sp³-hybridized carbons (Fsp3) is 0.167. The number of esters is 2. The number of nitrogens with zero attached hydrogens (tertiary/aromatic N) is 3. The van der Waals surface area contributed by atoms with Crippen LogP contribution in [0.15, 0.2) is 114 Å². The van der Waals surface area contributed by atoms with E-state index in [4.69, 9.17) is 24.5 Å². The molecule has 0 amide bonds. The van der Waals surface area contributed by atoms with E-state index in [-0.39, 0.29) is 22.6 Å². The monoisotopic (exact) mass is 630 g/mol. The van der Waals surface area contributed by atoms with Crippen molar-refractivity contribution in [2.75, 3.05) is 14.2 Å². The van der Waals surface area contributed by atoms with Crippen molar-refractivity contribution in [3.63, 3.8) is 0 Å². The van der Waals surface area contributed by atoms with Crippen LogP contribution in [-0.2, 0) is 19.1 Å². The summed E-state index contributed by atoms with van der Waals surface area (Å²) < 4.78 is 10.2. The average Bonchev–Trinajstić information content (AvgIpc) is 3.79. The number of carbonyl (C=O) groups excluding carboxylic acids is 2. The molecule has 5 aliphatic rings. The number of carbonyl (C=O) groups is 3. The Labute approximate surface area is 269 Å². The average molecular weight is 631 g/mol. The standard InChI is InChI=1S/C36H30N4O7/c1-8-18-15(3)21-12-22-16(4)20(10-11-27(41)42)32(39-22)30-31(36(45)47-7)34(43)28-17(5)23(40-33(28)30)13-25-19(9-2)29(35(44)46-6)26(38-25)14-24(18)37-21/h8-14,31,38,43H,1-2H2,3-7H3,(H,41,42). The third-order valence-corrected chi connectivity index (χ3v) is 8.70. The quantitative estimate of drug-likeness (QED) is 0.317. The molecule has 0 aromatic carbocycles. The Kier molecular flexibility index (Phi) is 7.47. The molecule has 11 nitrogen and oxygen atoms in total. The lowest BCUT2D eigenvalue weighted by Crippen LogP contribution is -2.20. The van der Waals surface area contributed by atoms with Gasteiger partial charge in [0.25, 0.3) is 0 Å². The number of aromatic amines is 1. The second kappa shape index (κ2) is 11.4. The van der Waals surface area contributed by atoms with Gasteiger partial charge in [-0.2, -0.15) is 0 Å². The van der Waals surface area contributed by atoms with Crippen molar-refractivity contribution in [1.29, 1.82) is 0 Å². The van der Waals surface area contributed by atoms with Crippen LogP contribution in [0.5, 0.6) is 0 Å². The van der Waals surface area contributed by atoms with Crippen LogP contribution in [-0.4, -0.2) is 64.5 Å². The first-order valence-corrected chi connectivity index (χ1v) is 14.5. The second-order valence-electron chi connectivity index (χ2n) is 11.2. The minimum Gasteiger partial charge on any atom is -0.510 e. The lowest BCUT2D eigenvalue weighted by molar-refractivity contribution is -0.143. The molecule has 1 unspecified atom stereocenters. The smallest absolute Gasteiger partial charge is 0.340 e. The maximum Gasteiger partial charge on any atom is 0.340 e. The van der Waals surface area contributed by atoms with E-state index in [1.165, 1.54) is 26.4 Å². The Hall–Kier alpha value is -6.10. The van der Waals surface area contributed by atoms with Crippen molar-refractivity contribution in [3.8, 4) is 0 Å². The minimum atomic E-state index is -1.26. The maximum absolute atomic E-state index is 13.2. The van der Waals surface area contributed by atoms with Crippen LogP contribution in [0, 0.1) is 5.92 Å². The van der Waals surface area contributed by atoms with Gasteiger partial charge in [0.1, 0.15) is 11.7 Å². The fourth-order valence-corrected chi connectivity index (χ4v) is 6.34. The molecule has 0 fully saturated rings. The lowest BCUT2D eigenvalue weighted by atomic mass is 9.93. The highest BCUT2D eigenvalue weighted by molar-refractivity contribution is 6.27. The first-order valence-electron chi connectivity index (χ1n) is 14.5. The molecule has 1 aromatic rings. The van der Waals surface area contributed by atoms with Crippen LogP contribution < -0.4 is 10.7 Å². The molecule has 0 spiro atoms. The zero-order chi connectivity index (χ0) is 33.9. The van der Waals surface area contributed by atoms with E-state index in [1.54, 1.807) is 38.2 Å². The second-order valence-corrected chi connectivity index (χ2v) is 11.2. The van der Waals surface area contributed by atoms with Crippen LogP contribution >= 0.6 is 0 Å². The van der Waals surface area contributed by atoms with Crippen LogP contribution in [0.25, 0.3) is 18.2 Å². The van der Waals surface area contributed by atoms with Crippen molar-refractivity contribution in [2.45, 2.75) is 20.8 Å². The number of nitrogens with one attached hydrogen (secondary N) is 1. The summed E-state index contributed by atoms with van der Waals surface area (Å²) in [4.78, 5) is 55.9. The summed E-state index contributed by atoms with van der Waals surface area (Å²) in [7, 11) is 2.51. The molecule has 5 heterocycles. The van der Waals surface area contributed by atoms with E-state index in [0.29, 0.717) is 67.1 Å². The van der Waals surface area contributed by atoms with E-state index < -0.39 is 23.8 Å². The van der Waals surface area contributed by atoms with Gasteiger partial charge in [0, 0.05) is 39.3 Å². The van der Waals surface area contributed by atoms with E-state index >= 15 is 0 Å². The third kappa shape index (κ3) is 4.66. The summed E-state index contributed by atoms with van der Waals surface area (Å²) in [5, 5.41) is 22.0. The van der Waals surface area contributed by atoms with Crippen molar-refractivity contribution in [2.24, 2.45) is 20.9 Å². The van der Waals surface area contributed by atoms with Crippen molar-refractivity contribution >= 4 is 53.3 Å². The highest BCUT2D eigenvalue weighted by Crippen LogP contribution is 2.47. The number of hydrogen-bond acceptors (Lipinski definition) is 9. The Balaban J connectivity index is 1.80. The van der Waals surface area contributed by atoms with Gasteiger partial charge in [-0.15, -0.1) is 0 Å². The van der Waals surface area contributed by atoms with E-state index in [0.717, 1.165) is 17.2 Å². The van der Waals surface area contributed by atoms with Gasteiger partial charge in [0.15, 0.2) is 0 Å². The van der Waals surface area contributed by atoms with Gasteiger partial charge >= 0.3 is 17.9 Å². The van der Waals surface area contributed by atoms with Gasteiger partial charge in [0.05, 0.1) is 59.4 Å². The van der Waals surface area contributed by atoms with Crippen molar-refractivity contribution in [3.05, 3.63) is 121 Å². The zero-order valence-corrected chi connectivity index (χ0v) is 26.3. The Morgan fingerprint density at radius 3 is 2.28 bits per heavy atom. The van der Waals surface area contributed by atoms with Crippen LogP contribution in [0.3, 0.4) is 0 Å². The molecule has 1 aromatic heterocycles. The van der Waals surface area contributed by atoms with Gasteiger partial charge in [-0.3, -0.25) is 4.79 Å². The third-order valence-electron chi connectivity index (χ3n) is 8.70. The van der Waals surface area contributed by atoms with Gasteiger partial charge < -0.3 is 24.7 Å². The number of aliphatic hydroxyl groups excluding tert-OH is 1. The molecule has 0 saturated heterocycles. The van der Waals surface area contributed by atoms with E-state index in [9.17, 15) is 24.6 Å². The van der Waals surface area contributed by atoms with Crippen LogP contribution in [0.1, 0.15) is 36.7 Å². The first kappa shape index (κ1) is 30.9. The number of rotatable bonds is 6.